The summed E-state index contributed by atoms with van der Waals surface area (Å²) in [7, 11) is 0. The Morgan fingerprint density at radius 3 is 2.59 bits per heavy atom. The van der Waals surface area contributed by atoms with E-state index in [1.165, 1.54) is 19.1 Å². The Bertz CT molecular complexity index is 1430. The fourth-order valence-electron chi connectivity index (χ4n) is 5.52. The zero-order chi connectivity index (χ0) is 28.1. The van der Waals surface area contributed by atoms with Crippen LogP contribution in [-0.4, -0.2) is 47.0 Å². The number of ether oxygens (including phenoxy) is 2. The summed E-state index contributed by atoms with van der Waals surface area (Å²) in [6.45, 7) is 3.30. The molecular weight excluding hydrogens is 530 g/mol. The molecule has 2 heterocycles. The normalized spacial score (nSPS) is 24.7. The van der Waals surface area contributed by atoms with E-state index in [-0.39, 0.29) is 41.2 Å². The molecule has 10 heteroatoms. The highest BCUT2D eigenvalue weighted by Crippen LogP contribution is 2.53. The van der Waals surface area contributed by atoms with Crippen molar-refractivity contribution in [1.29, 1.82) is 0 Å². The number of rotatable bonds is 7. The van der Waals surface area contributed by atoms with Crippen molar-refractivity contribution in [3.63, 3.8) is 0 Å². The largest absolute Gasteiger partial charge is 0.488 e. The summed E-state index contributed by atoms with van der Waals surface area (Å²) in [6, 6.07) is 12.6. The first kappa shape index (κ1) is 27.3. The zero-order valence-corrected chi connectivity index (χ0v) is 22.2. The predicted octanol–water partition coefficient (Wildman–Crippen LogP) is 4.09. The predicted molar refractivity (Wildman–Crippen MR) is 142 cm³/mol. The summed E-state index contributed by atoms with van der Waals surface area (Å²) in [4.78, 5) is 12.4. The van der Waals surface area contributed by atoms with Crippen molar-refractivity contribution in [3.8, 4) is 22.6 Å². The number of nitrogens with one attached hydrogen (secondary N) is 1. The minimum atomic E-state index is -1.10. The molecular formula is C29H29ClF2N2O5. The summed E-state index contributed by atoms with van der Waals surface area (Å²) in [6.07, 6.45) is -0.418. The van der Waals surface area contributed by atoms with Gasteiger partial charge >= 0.3 is 0 Å². The van der Waals surface area contributed by atoms with Crippen LogP contribution in [0.5, 0.6) is 11.5 Å². The monoisotopic (exact) mass is 558 g/mol. The van der Waals surface area contributed by atoms with Crippen LogP contribution in [0.25, 0.3) is 11.1 Å². The fraction of sp³-hybridized carbons (Fsp3) is 0.345. The van der Waals surface area contributed by atoms with Gasteiger partial charge in [-0.05, 0) is 38.0 Å². The van der Waals surface area contributed by atoms with Crippen molar-refractivity contribution in [2.24, 2.45) is 5.73 Å². The van der Waals surface area contributed by atoms with E-state index in [2.05, 4.69) is 5.32 Å². The fourth-order valence-corrected chi connectivity index (χ4v) is 5.79. The van der Waals surface area contributed by atoms with Crippen LogP contribution < -0.4 is 20.5 Å². The van der Waals surface area contributed by atoms with E-state index in [0.29, 0.717) is 18.5 Å². The Morgan fingerprint density at radius 1 is 1.26 bits per heavy atom. The van der Waals surface area contributed by atoms with E-state index in [0.717, 1.165) is 11.6 Å². The molecule has 3 aromatic rings. The molecule has 2 aliphatic heterocycles. The van der Waals surface area contributed by atoms with Gasteiger partial charge in [0.1, 0.15) is 18.2 Å². The molecule has 0 radical (unpaired) electrons. The number of amides is 1. The molecule has 206 valence electrons. The smallest absolute Gasteiger partial charge is 0.249 e. The van der Waals surface area contributed by atoms with Gasteiger partial charge in [0.15, 0.2) is 17.2 Å². The second-order valence-electron chi connectivity index (χ2n) is 10.5. The maximum Gasteiger partial charge on any atom is 0.249 e. The van der Waals surface area contributed by atoms with Crippen molar-refractivity contribution in [1.82, 2.24) is 5.32 Å². The van der Waals surface area contributed by atoms with Gasteiger partial charge in [-0.25, -0.2) is 8.78 Å². The van der Waals surface area contributed by atoms with Gasteiger partial charge in [-0.3, -0.25) is 4.79 Å². The number of halogens is 3. The number of β-amino-alcohol motifs (C(OH)–C–C–N with tert-alkyl or cyclic N) is 1. The van der Waals surface area contributed by atoms with Gasteiger partial charge in [0.05, 0.1) is 28.3 Å². The molecule has 0 aromatic heterocycles. The summed E-state index contributed by atoms with van der Waals surface area (Å²) in [5.74, 6) is -2.91. The topological polar surface area (TPSA) is 114 Å². The van der Waals surface area contributed by atoms with Gasteiger partial charge in [-0.1, -0.05) is 41.9 Å². The molecule has 39 heavy (non-hydrogen) atoms. The zero-order valence-electron chi connectivity index (χ0n) is 21.4. The van der Waals surface area contributed by atoms with Crippen molar-refractivity contribution in [3.05, 3.63) is 81.9 Å². The second-order valence-corrected chi connectivity index (χ2v) is 10.9. The number of nitrogens with two attached hydrogens (primary N) is 1. The van der Waals surface area contributed by atoms with Crippen molar-refractivity contribution >= 4 is 17.5 Å². The first-order valence-electron chi connectivity index (χ1n) is 12.6. The van der Waals surface area contributed by atoms with Gasteiger partial charge in [0.25, 0.3) is 0 Å². The molecule has 3 unspecified atom stereocenters. The Morgan fingerprint density at radius 2 is 1.97 bits per heavy atom. The SMILES string of the molecule is CC(O)COc1ccc(C(N)=O)c(-c2c(Cl)c(F)cc3c2C[C@](c2ccccc2)(C2CC(C)(O)CN2)O3)c1F. The van der Waals surface area contributed by atoms with E-state index in [9.17, 15) is 15.0 Å². The lowest BCUT2D eigenvalue weighted by molar-refractivity contribution is 0.0319. The minimum Gasteiger partial charge on any atom is -0.488 e. The lowest BCUT2D eigenvalue weighted by atomic mass is 9.79. The number of benzene rings is 3. The van der Waals surface area contributed by atoms with Crippen LogP contribution >= 0.6 is 11.6 Å². The molecule has 1 fully saturated rings. The number of hydrogen-bond donors (Lipinski definition) is 4. The summed E-state index contributed by atoms with van der Waals surface area (Å²) in [5.41, 5.74) is 4.06. The van der Waals surface area contributed by atoms with Crippen LogP contribution in [0.3, 0.4) is 0 Å². The molecule has 0 saturated carbocycles. The van der Waals surface area contributed by atoms with E-state index in [4.69, 9.17) is 26.8 Å². The number of fused-ring (bicyclic) bond motifs is 1. The Balaban J connectivity index is 1.72. The maximum atomic E-state index is 16.0. The maximum absolute atomic E-state index is 16.0. The van der Waals surface area contributed by atoms with Gasteiger partial charge in [0.2, 0.25) is 5.91 Å². The van der Waals surface area contributed by atoms with Gasteiger partial charge < -0.3 is 30.7 Å². The van der Waals surface area contributed by atoms with Gasteiger partial charge in [-0.15, -0.1) is 0 Å². The number of aliphatic hydroxyl groups is 2. The molecule has 5 N–H and O–H groups in total. The quantitative estimate of drug-likeness (QED) is 0.347. The van der Waals surface area contributed by atoms with E-state index in [1.54, 1.807) is 6.92 Å². The molecule has 0 spiro atoms. The van der Waals surface area contributed by atoms with E-state index < -0.39 is 45.9 Å². The molecule has 2 aliphatic rings. The molecule has 1 amide bonds. The van der Waals surface area contributed by atoms with Crippen LogP contribution in [0.1, 0.15) is 41.8 Å². The van der Waals surface area contributed by atoms with Crippen molar-refractivity contribution in [2.45, 2.75) is 50.0 Å². The Hall–Kier alpha value is -3.24. The molecule has 1 saturated heterocycles. The van der Waals surface area contributed by atoms with Crippen LogP contribution in [-0.2, 0) is 12.0 Å². The highest BCUT2D eigenvalue weighted by Gasteiger charge is 2.53. The first-order valence-corrected chi connectivity index (χ1v) is 13.0. The average Bonchev–Trinajstić information content (AvgIpc) is 3.45. The molecule has 4 atom stereocenters. The van der Waals surface area contributed by atoms with Gasteiger partial charge in [0, 0.05) is 35.7 Å². The third-order valence-corrected chi connectivity index (χ3v) is 7.69. The lowest BCUT2D eigenvalue weighted by Gasteiger charge is -2.36. The molecule has 0 aliphatic carbocycles. The molecule has 3 aromatic carbocycles. The highest BCUT2D eigenvalue weighted by atomic mass is 35.5. The van der Waals surface area contributed by atoms with E-state index in [1.807, 2.05) is 30.3 Å². The molecule has 7 nitrogen and oxygen atoms in total. The summed E-state index contributed by atoms with van der Waals surface area (Å²) in [5, 5.41) is 23.3. The van der Waals surface area contributed by atoms with Crippen LogP contribution in [0.2, 0.25) is 5.02 Å². The number of carbonyl (C=O) groups excluding carboxylic acids is 1. The van der Waals surface area contributed by atoms with Crippen LogP contribution in [0.15, 0.2) is 48.5 Å². The van der Waals surface area contributed by atoms with Crippen LogP contribution in [0.4, 0.5) is 8.78 Å². The molecule has 0 bridgehead atoms. The van der Waals surface area contributed by atoms with E-state index >= 15 is 8.78 Å². The average molecular weight is 559 g/mol. The number of carbonyl (C=O) groups is 1. The Kier molecular flexibility index (Phi) is 7.05. The minimum absolute atomic E-state index is 0.0666. The second kappa shape index (κ2) is 10.1. The third kappa shape index (κ3) is 4.84. The lowest BCUT2D eigenvalue weighted by Crippen LogP contribution is -2.49. The first-order chi connectivity index (χ1) is 18.4. The van der Waals surface area contributed by atoms with Crippen molar-refractivity contribution < 1.29 is 33.3 Å². The highest BCUT2D eigenvalue weighted by molar-refractivity contribution is 6.34. The molecule has 5 rings (SSSR count). The number of primary amides is 1. The van der Waals surface area contributed by atoms with Crippen molar-refractivity contribution in [2.75, 3.05) is 13.2 Å². The van der Waals surface area contributed by atoms with Crippen LogP contribution in [0, 0.1) is 11.6 Å². The summed E-state index contributed by atoms with van der Waals surface area (Å²) < 4.78 is 43.3. The third-order valence-electron chi connectivity index (χ3n) is 7.32. The number of hydrogen-bond acceptors (Lipinski definition) is 6. The standard InChI is InChI=1S/C29H29ClF2N2O5/c1-15(35)13-38-20-9-8-17(27(33)36)24(26(20)32)23-18-11-29(16-6-4-3-5-7-16,22-12-28(2,37)14-34-22)39-21(18)10-19(31)25(23)30/h3-10,15,22,34-35,37H,11-14H2,1-2H3,(H2,33,36)/t15?,22?,28?,29-/m0/s1. The van der Waals surface area contributed by atoms with Gasteiger partial charge in [-0.2, -0.15) is 0 Å². The summed E-state index contributed by atoms with van der Waals surface area (Å²) >= 11 is 6.50. The Labute approximate surface area is 229 Å². The number of aliphatic hydroxyl groups excluding tert-OH is 1.